The molecule has 0 fully saturated rings. The second-order valence-corrected chi connectivity index (χ2v) is 3.86. The van der Waals surface area contributed by atoms with Crippen LogP contribution < -0.4 is 24.8 Å². The summed E-state index contributed by atoms with van der Waals surface area (Å²) in [4.78, 5) is 0. The first-order valence-electron chi connectivity index (χ1n) is 5.48. The number of halogens is 2. The summed E-state index contributed by atoms with van der Waals surface area (Å²) in [5, 5.41) is 0. The zero-order valence-corrected chi connectivity index (χ0v) is 16.1. The maximum absolute atomic E-state index is 3.00. The summed E-state index contributed by atoms with van der Waals surface area (Å²) in [5.41, 5.74) is 5.50. The average Bonchev–Trinajstić information content (AvgIpc) is 2.81. The maximum Gasteiger partial charge on any atom is 4.00 e. The van der Waals surface area contributed by atoms with Crippen molar-refractivity contribution in [2.75, 3.05) is 0 Å². The Bertz CT molecular complexity index is 369. The minimum absolute atomic E-state index is 0. The molecule has 0 aliphatic carbocycles. The SMILES string of the molecule is C=C.Cc1c[cH-]c(C)c1.Cc1cc[cH-]c1C.[Cl-].[Cl-].[Zr+4]. The van der Waals surface area contributed by atoms with E-state index in [9.17, 15) is 0 Å². The van der Waals surface area contributed by atoms with Gasteiger partial charge in [-0.3, -0.25) is 0 Å². The predicted molar refractivity (Wildman–Crippen MR) is 74.3 cm³/mol. The van der Waals surface area contributed by atoms with E-state index in [1.165, 1.54) is 22.3 Å². The van der Waals surface area contributed by atoms with Crippen LogP contribution in [0.1, 0.15) is 22.3 Å². The molecule has 0 atom stereocenters. The molecule has 0 bridgehead atoms. The molecule has 0 saturated heterocycles. The molecular weight excluding hydrogens is 354 g/mol. The van der Waals surface area contributed by atoms with E-state index in [0.717, 1.165) is 0 Å². The van der Waals surface area contributed by atoms with E-state index in [4.69, 9.17) is 0 Å². The van der Waals surface area contributed by atoms with Gasteiger partial charge in [-0.1, -0.05) is 27.7 Å². The van der Waals surface area contributed by atoms with Crippen LogP contribution in [0.5, 0.6) is 0 Å². The third-order valence-electron chi connectivity index (χ3n) is 2.38. The van der Waals surface area contributed by atoms with Gasteiger partial charge in [0.1, 0.15) is 0 Å². The minimum atomic E-state index is 0. The van der Waals surface area contributed by atoms with Crippen molar-refractivity contribution < 1.29 is 51.0 Å². The van der Waals surface area contributed by atoms with Gasteiger partial charge in [0.2, 0.25) is 0 Å². The van der Waals surface area contributed by atoms with Crippen molar-refractivity contribution >= 4 is 0 Å². The van der Waals surface area contributed by atoms with Gasteiger partial charge in [-0.15, -0.1) is 13.2 Å². The average molecular weight is 376 g/mol. The van der Waals surface area contributed by atoms with Gasteiger partial charge in [0.25, 0.3) is 0 Å². The molecule has 19 heavy (non-hydrogen) atoms. The topological polar surface area (TPSA) is 0 Å². The van der Waals surface area contributed by atoms with Crippen LogP contribution in [0.25, 0.3) is 0 Å². The first kappa shape index (κ1) is 27.3. The van der Waals surface area contributed by atoms with Crippen molar-refractivity contribution in [3.05, 3.63) is 71.8 Å². The zero-order valence-electron chi connectivity index (χ0n) is 12.1. The molecule has 2 aromatic carbocycles. The van der Waals surface area contributed by atoms with E-state index in [2.05, 4.69) is 77.3 Å². The summed E-state index contributed by atoms with van der Waals surface area (Å²) >= 11 is 0. The van der Waals surface area contributed by atoms with E-state index in [1.54, 1.807) is 0 Å². The van der Waals surface area contributed by atoms with Gasteiger partial charge in [0, 0.05) is 0 Å². The predicted octanol–water partition coefficient (Wildman–Crippen LogP) is -1.15. The number of hydrogen-bond donors (Lipinski definition) is 0. The molecule has 0 aromatic heterocycles. The fraction of sp³-hybridized carbons (Fsp3) is 0.250. The molecule has 0 spiro atoms. The smallest absolute Gasteiger partial charge is 1.00 e. The van der Waals surface area contributed by atoms with Crippen LogP contribution in [-0.2, 0) is 26.2 Å². The zero-order chi connectivity index (χ0) is 12.6. The Morgan fingerprint density at radius 2 is 1.47 bits per heavy atom. The molecule has 0 unspecified atom stereocenters. The molecule has 0 N–H and O–H groups in total. The second-order valence-electron chi connectivity index (χ2n) is 3.86. The van der Waals surface area contributed by atoms with Crippen molar-refractivity contribution in [3.8, 4) is 0 Å². The molecule has 0 saturated carbocycles. The van der Waals surface area contributed by atoms with Crippen molar-refractivity contribution in [1.29, 1.82) is 0 Å². The Balaban J connectivity index is -0.0000000919. The van der Waals surface area contributed by atoms with Crippen LogP contribution in [0.4, 0.5) is 0 Å². The van der Waals surface area contributed by atoms with E-state index in [0.29, 0.717) is 0 Å². The third kappa shape index (κ3) is 12.7. The number of rotatable bonds is 0. The largest absolute Gasteiger partial charge is 4.00 e. The van der Waals surface area contributed by atoms with Gasteiger partial charge in [0.15, 0.2) is 0 Å². The molecule has 0 radical (unpaired) electrons. The quantitative estimate of drug-likeness (QED) is 0.403. The Labute approximate surface area is 150 Å². The van der Waals surface area contributed by atoms with Gasteiger partial charge < -0.3 is 24.8 Å². The summed E-state index contributed by atoms with van der Waals surface area (Å²) < 4.78 is 0. The molecule has 2 rings (SSSR count). The van der Waals surface area contributed by atoms with Crippen LogP contribution in [0.15, 0.2) is 49.6 Å². The second kappa shape index (κ2) is 16.0. The maximum atomic E-state index is 3.00. The fourth-order valence-corrected chi connectivity index (χ4v) is 1.32. The minimum Gasteiger partial charge on any atom is -1.00 e. The molecule has 0 amide bonds. The van der Waals surface area contributed by atoms with Crippen LogP contribution in [0.3, 0.4) is 0 Å². The standard InChI is InChI=1S/2C7H9.C2H4.2ClH.Zr/c1-6-3-4-7(2)5-6;1-6-4-3-5-7(6)2;1-2;;;/h2*3-5H,1-2H3;1-2H2;2*1H;/q2*-1;;;;+4/p-2. The fourth-order valence-electron chi connectivity index (χ4n) is 1.32. The molecule has 0 heterocycles. The molecule has 0 aliphatic rings. The third-order valence-corrected chi connectivity index (χ3v) is 2.38. The number of hydrogen-bond acceptors (Lipinski definition) is 0. The Kier molecular flexibility index (Phi) is 22.9. The summed E-state index contributed by atoms with van der Waals surface area (Å²) in [6.07, 6.45) is 0. The van der Waals surface area contributed by atoms with Crippen LogP contribution in [0, 0.1) is 27.7 Å². The van der Waals surface area contributed by atoms with Gasteiger partial charge in [0.05, 0.1) is 0 Å². The van der Waals surface area contributed by atoms with Crippen LogP contribution in [-0.4, -0.2) is 0 Å². The van der Waals surface area contributed by atoms with Crippen molar-refractivity contribution in [2.45, 2.75) is 27.7 Å². The van der Waals surface area contributed by atoms with Crippen molar-refractivity contribution in [3.63, 3.8) is 0 Å². The Morgan fingerprint density at radius 1 is 0.947 bits per heavy atom. The van der Waals surface area contributed by atoms with Gasteiger partial charge in [-0.2, -0.15) is 41.0 Å². The van der Waals surface area contributed by atoms with Gasteiger partial charge in [-0.05, 0) is 0 Å². The molecule has 0 nitrogen and oxygen atoms in total. The summed E-state index contributed by atoms with van der Waals surface area (Å²) in [6, 6.07) is 12.7. The molecular formula is C16H22Cl2Zr. The molecule has 2 aromatic rings. The molecule has 0 aliphatic heterocycles. The molecule has 104 valence electrons. The summed E-state index contributed by atoms with van der Waals surface area (Å²) in [5.74, 6) is 0. The van der Waals surface area contributed by atoms with Crippen LogP contribution >= 0.6 is 0 Å². The van der Waals surface area contributed by atoms with Crippen LogP contribution in [0.2, 0.25) is 0 Å². The molecule has 3 heteroatoms. The summed E-state index contributed by atoms with van der Waals surface area (Å²) in [7, 11) is 0. The van der Waals surface area contributed by atoms with E-state index >= 15 is 0 Å². The first-order valence-corrected chi connectivity index (χ1v) is 5.48. The normalized spacial score (nSPS) is 7.16. The van der Waals surface area contributed by atoms with Crippen molar-refractivity contribution in [2.24, 2.45) is 0 Å². The van der Waals surface area contributed by atoms with Gasteiger partial charge in [-0.25, -0.2) is 17.7 Å². The van der Waals surface area contributed by atoms with E-state index < -0.39 is 0 Å². The van der Waals surface area contributed by atoms with E-state index in [1.807, 2.05) is 0 Å². The Morgan fingerprint density at radius 3 is 1.58 bits per heavy atom. The van der Waals surface area contributed by atoms with Crippen molar-refractivity contribution in [1.82, 2.24) is 0 Å². The number of aryl methyl sites for hydroxylation is 4. The summed E-state index contributed by atoms with van der Waals surface area (Å²) in [6.45, 7) is 14.4. The first-order chi connectivity index (χ1) is 7.59. The van der Waals surface area contributed by atoms with E-state index in [-0.39, 0.29) is 51.0 Å². The van der Waals surface area contributed by atoms with Gasteiger partial charge >= 0.3 is 26.2 Å². The monoisotopic (exact) mass is 374 g/mol. The Hall–Kier alpha value is -0.0969.